The number of carbonyl (C=O) groups is 1. The normalized spacial score (nSPS) is 23.2. The number of carbonyl (C=O) groups excluding carboxylic acids is 1. The van der Waals surface area contributed by atoms with E-state index in [1.807, 2.05) is 42.3 Å². The van der Waals surface area contributed by atoms with Crippen LogP contribution >= 0.6 is 0 Å². The first-order valence-corrected chi connectivity index (χ1v) is 8.77. The topological polar surface area (TPSA) is 43.8 Å². The fraction of sp³-hybridized carbons (Fsp3) is 0.632. The molecule has 2 saturated heterocycles. The SMILES string of the molecule is CN1CC2(CCC1=O)CCN(CC[C@@H](O)c1ccccc1)CC2. The molecule has 23 heavy (non-hydrogen) atoms. The fourth-order valence-corrected chi connectivity index (χ4v) is 4.04. The summed E-state index contributed by atoms with van der Waals surface area (Å²) in [5.74, 6) is 0.295. The Morgan fingerprint density at radius 3 is 2.52 bits per heavy atom. The largest absolute Gasteiger partial charge is 0.388 e. The average molecular weight is 316 g/mol. The molecule has 4 nitrogen and oxygen atoms in total. The van der Waals surface area contributed by atoms with E-state index in [-0.39, 0.29) is 6.10 Å². The molecule has 0 aliphatic carbocycles. The van der Waals surface area contributed by atoms with Crippen molar-refractivity contribution in [2.24, 2.45) is 5.41 Å². The first-order valence-electron chi connectivity index (χ1n) is 8.77. The second-order valence-electron chi connectivity index (χ2n) is 7.31. The molecule has 0 bridgehead atoms. The Balaban J connectivity index is 1.45. The Labute approximate surface area is 139 Å². The van der Waals surface area contributed by atoms with Gasteiger partial charge >= 0.3 is 0 Å². The van der Waals surface area contributed by atoms with Gasteiger partial charge in [-0.2, -0.15) is 0 Å². The minimum atomic E-state index is -0.370. The first-order chi connectivity index (χ1) is 11.1. The lowest BCUT2D eigenvalue weighted by Crippen LogP contribution is -2.50. The van der Waals surface area contributed by atoms with Crippen LogP contribution in [-0.4, -0.2) is 54.0 Å². The highest BCUT2D eigenvalue weighted by molar-refractivity contribution is 5.76. The van der Waals surface area contributed by atoms with Gasteiger partial charge in [0.2, 0.25) is 5.91 Å². The molecule has 1 amide bonds. The smallest absolute Gasteiger partial charge is 0.222 e. The number of hydrogen-bond donors (Lipinski definition) is 1. The van der Waals surface area contributed by atoms with Gasteiger partial charge in [0.25, 0.3) is 0 Å². The van der Waals surface area contributed by atoms with Crippen LogP contribution in [0.2, 0.25) is 0 Å². The van der Waals surface area contributed by atoms with Gasteiger partial charge in [-0.15, -0.1) is 0 Å². The average Bonchev–Trinajstić information content (AvgIpc) is 2.59. The van der Waals surface area contributed by atoms with Crippen LogP contribution < -0.4 is 0 Å². The first kappa shape index (κ1) is 16.5. The molecule has 2 aliphatic heterocycles. The highest BCUT2D eigenvalue weighted by Gasteiger charge is 2.39. The summed E-state index contributed by atoms with van der Waals surface area (Å²) in [6.07, 6.45) is 4.53. The molecule has 0 radical (unpaired) electrons. The summed E-state index contributed by atoms with van der Waals surface area (Å²) in [7, 11) is 1.94. The molecule has 126 valence electrons. The summed E-state index contributed by atoms with van der Waals surface area (Å²) in [6, 6.07) is 9.91. The molecule has 2 heterocycles. The van der Waals surface area contributed by atoms with E-state index in [1.54, 1.807) is 0 Å². The third-order valence-electron chi connectivity index (χ3n) is 5.69. The van der Waals surface area contributed by atoms with E-state index < -0.39 is 0 Å². The Morgan fingerprint density at radius 1 is 1.17 bits per heavy atom. The fourth-order valence-electron chi connectivity index (χ4n) is 4.04. The molecule has 1 spiro atoms. The van der Waals surface area contributed by atoms with Crippen LogP contribution in [0, 0.1) is 5.41 Å². The Bertz CT molecular complexity index is 523. The van der Waals surface area contributed by atoms with Crippen LogP contribution in [0.1, 0.15) is 43.8 Å². The van der Waals surface area contributed by atoms with Crippen molar-refractivity contribution in [2.45, 2.75) is 38.2 Å². The van der Waals surface area contributed by atoms with Gasteiger partial charge in [0.15, 0.2) is 0 Å². The number of rotatable bonds is 4. The van der Waals surface area contributed by atoms with E-state index in [2.05, 4.69) is 4.90 Å². The lowest BCUT2D eigenvalue weighted by Gasteiger charge is -2.46. The molecule has 2 fully saturated rings. The van der Waals surface area contributed by atoms with Gasteiger partial charge in [0.1, 0.15) is 0 Å². The Kier molecular flexibility index (Phi) is 5.02. The Hall–Kier alpha value is -1.39. The summed E-state index contributed by atoms with van der Waals surface area (Å²) in [4.78, 5) is 16.1. The zero-order valence-electron chi connectivity index (χ0n) is 14.1. The summed E-state index contributed by atoms with van der Waals surface area (Å²) in [5.41, 5.74) is 1.35. The van der Waals surface area contributed by atoms with Gasteiger partial charge in [-0.05, 0) is 49.8 Å². The van der Waals surface area contributed by atoms with Crippen molar-refractivity contribution >= 4 is 5.91 Å². The van der Waals surface area contributed by atoms with Gasteiger partial charge in [-0.1, -0.05) is 30.3 Å². The lowest BCUT2D eigenvalue weighted by molar-refractivity contribution is -0.137. The van der Waals surface area contributed by atoms with E-state index >= 15 is 0 Å². The number of piperidine rings is 2. The van der Waals surface area contributed by atoms with E-state index in [4.69, 9.17) is 0 Å². The van der Waals surface area contributed by atoms with Crippen LogP contribution in [0.3, 0.4) is 0 Å². The third-order valence-corrected chi connectivity index (χ3v) is 5.69. The van der Waals surface area contributed by atoms with Crippen molar-refractivity contribution in [3.8, 4) is 0 Å². The maximum Gasteiger partial charge on any atom is 0.222 e. The highest BCUT2D eigenvalue weighted by atomic mass is 16.3. The number of aliphatic hydroxyl groups is 1. The molecule has 0 aromatic heterocycles. The van der Waals surface area contributed by atoms with Gasteiger partial charge in [-0.3, -0.25) is 4.79 Å². The number of hydrogen-bond acceptors (Lipinski definition) is 3. The van der Waals surface area contributed by atoms with Crippen molar-refractivity contribution in [3.63, 3.8) is 0 Å². The maximum atomic E-state index is 11.7. The van der Waals surface area contributed by atoms with Crippen molar-refractivity contribution in [2.75, 3.05) is 33.2 Å². The second-order valence-corrected chi connectivity index (χ2v) is 7.31. The third kappa shape index (κ3) is 3.93. The molecule has 2 aliphatic rings. The van der Waals surface area contributed by atoms with Crippen LogP contribution in [-0.2, 0) is 4.79 Å². The molecule has 1 aromatic carbocycles. The van der Waals surface area contributed by atoms with Gasteiger partial charge in [0.05, 0.1) is 6.10 Å². The molecular weight excluding hydrogens is 288 g/mol. The van der Waals surface area contributed by atoms with Crippen molar-refractivity contribution < 1.29 is 9.90 Å². The summed E-state index contributed by atoms with van der Waals surface area (Å²) in [5, 5.41) is 10.3. The number of aliphatic hydroxyl groups excluding tert-OH is 1. The van der Waals surface area contributed by atoms with Crippen LogP contribution in [0.4, 0.5) is 0 Å². The molecule has 4 heteroatoms. The zero-order valence-corrected chi connectivity index (χ0v) is 14.1. The molecule has 3 rings (SSSR count). The Morgan fingerprint density at radius 2 is 1.87 bits per heavy atom. The molecule has 0 saturated carbocycles. The van der Waals surface area contributed by atoms with Crippen LogP contribution in [0.5, 0.6) is 0 Å². The number of amides is 1. The van der Waals surface area contributed by atoms with E-state index in [9.17, 15) is 9.90 Å². The summed E-state index contributed by atoms with van der Waals surface area (Å²) in [6.45, 7) is 4.04. The molecule has 1 aromatic rings. The number of benzene rings is 1. The van der Waals surface area contributed by atoms with Crippen LogP contribution in [0.15, 0.2) is 30.3 Å². The van der Waals surface area contributed by atoms with Crippen LogP contribution in [0.25, 0.3) is 0 Å². The van der Waals surface area contributed by atoms with Gasteiger partial charge in [0, 0.05) is 26.6 Å². The van der Waals surface area contributed by atoms with Crippen molar-refractivity contribution in [1.82, 2.24) is 9.80 Å². The second kappa shape index (κ2) is 7.02. The standard InChI is InChI=1S/C19H28N2O2/c1-20-15-19(9-7-18(20)23)10-13-21(14-11-19)12-8-17(22)16-5-3-2-4-6-16/h2-6,17,22H,7-15H2,1H3/t17-/m1/s1. The number of nitrogens with zero attached hydrogens (tertiary/aromatic N) is 2. The molecule has 0 unspecified atom stereocenters. The predicted octanol–water partition coefficient (Wildman–Crippen LogP) is 2.44. The van der Waals surface area contributed by atoms with Gasteiger partial charge in [-0.25, -0.2) is 0 Å². The predicted molar refractivity (Wildman–Crippen MR) is 91.0 cm³/mol. The van der Waals surface area contributed by atoms with Crippen molar-refractivity contribution in [3.05, 3.63) is 35.9 Å². The molecular formula is C19H28N2O2. The maximum absolute atomic E-state index is 11.7. The number of likely N-dealkylation sites (tertiary alicyclic amines) is 2. The highest BCUT2D eigenvalue weighted by Crippen LogP contribution is 2.39. The quantitative estimate of drug-likeness (QED) is 0.928. The van der Waals surface area contributed by atoms with Gasteiger partial charge < -0.3 is 14.9 Å². The van der Waals surface area contributed by atoms with E-state index in [1.165, 1.54) is 12.8 Å². The minimum Gasteiger partial charge on any atom is -0.388 e. The van der Waals surface area contributed by atoms with Crippen molar-refractivity contribution in [1.29, 1.82) is 0 Å². The lowest BCUT2D eigenvalue weighted by atomic mass is 9.72. The monoisotopic (exact) mass is 316 g/mol. The van der Waals surface area contributed by atoms with E-state index in [0.717, 1.165) is 44.6 Å². The summed E-state index contributed by atoms with van der Waals surface area (Å²) < 4.78 is 0. The van der Waals surface area contributed by atoms with E-state index in [0.29, 0.717) is 17.7 Å². The molecule has 1 N–H and O–H groups in total. The minimum absolute atomic E-state index is 0.295. The molecule has 1 atom stereocenters. The zero-order chi connectivity index (χ0) is 16.3. The summed E-state index contributed by atoms with van der Waals surface area (Å²) >= 11 is 0.